The average Bonchev–Trinajstić information content (AvgIpc) is 3.23. The van der Waals surface area contributed by atoms with E-state index >= 15 is 0 Å². The number of rotatable bonds is 2. The largest absolute Gasteiger partial charge is 0.471 e. The molecule has 29 heavy (non-hydrogen) atoms. The highest BCUT2D eigenvalue weighted by atomic mass is 19.4. The van der Waals surface area contributed by atoms with Gasteiger partial charge in [-0.05, 0) is 35.9 Å². The van der Waals surface area contributed by atoms with E-state index in [9.17, 15) is 13.2 Å². The zero-order valence-electron chi connectivity index (χ0n) is 14.9. The molecule has 0 spiro atoms. The molecule has 0 saturated carbocycles. The number of alkyl halides is 3. The van der Waals surface area contributed by atoms with Crippen LogP contribution >= 0.6 is 0 Å². The topological polar surface area (TPSA) is 80.8 Å². The van der Waals surface area contributed by atoms with E-state index < -0.39 is 12.1 Å². The van der Waals surface area contributed by atoms with Crippen LogP contribution in [-0.4, -0.2) is 31.6 Å². The van der Waals surface area contributed by atoms with Crippen molar-refractivity contribution in [3.8, 4) is 11.4 Å². The zero-order valence-corrected chi connectivity index (χ0v) is 14.9. The van der Waals surface area contributed by atoms with Crippen LogP contribution in [0.15, 0.2) is 47.2 Å². The lowest BCUT2D eigenvalue weighted by molar-refractivity contribution is -0.159. The molecule has 0 bridgehead atoms. The summed E-state index contributed by atoms with van der Waals surface area (Å²) in [6.07, 6.45) is -0.749. The van der Waals surface area contributed by atoms with E-state index in [1.54, 1.807) is 18.3 Å². The third-order valence-corrected chi connectivity index (χ3v) is 4.74. The van der Waals surface area contributed by atoms with Crippen molar-refractivity contribution in [1.29, 1.82) is 0 Å². The van der Waals surface area contributed by atoms with Crippen molar-refractivity contribution >= 4 is 16.9 Å². The molecule has 1 aliphatic heterocycles. The Morgan fingerprint density at radius 3 is 2.72 bits per heavy atom. The normalized spacial score (nSPS) is 14.2. The Morgan fingerprint density at radius 1 is 1.07 bits per heavy atom. The minimum atomic E-state index is -4.67. The van der Waals surface area contributed by atoms with Gasteiger partial charge in [-0.1, -0.05) is 5.16 Å². The molecule has 7 nitrogen and oxygen atoms in total. The zero-order chi connectivity index (χ0) is 20.0. The molecule has 146 valence electrons. The van der Waals surface area contributed by atoms with Gasteiger partial charge < -0.3 is 9.42 Å². The first-order valence-corrected chi connectivity index (χ1v) is 8.83. The van der Waals surface area contributed by atoms with E-state index in [1.807, 2.05) is 12.1 Å². The van der Waals surface area contributed by atoms with Gasteiger partial charge in [0.25, 0.3) is 0 Å². The Labute approximate surface area is 162 Å². The van der Waals surface area contributed by atoms with Gasteiger partial charge in [0, 0.05) is 48.5 Å². The standard InChI is InChI=1S/C19H13F3N6O/c20-19(21,22)18-26-17(27-29-18)12-3-4-15(24-9-12)28-7-5-14-13(10-28)8-11-2-1-6-23-16(11)25-14/h1-4,6,8-9H,5,7,10H2. The van der Waals surface area contributed by atoms with Crippen LogP contribution in [0.5, 0.6) is 0 Å². The van der Waals surface area contributed by atoms with Crippen molar-refractivity contribution in [1.82, 2.24) is 25.1 Å². The maximum absolute atomic E-state index is 12.6. The second-order valence-electron chi connectivity index (χ2n) is 6.64. The molecule has 0 aromatic carbocycles. The van der Waals surface area contributed by atoms with Gasteiger partial charge >= 0.3 is 12.1 Å². The number of nitrogens with zero attached hydrogens (tertiary/aromatic N) is 6. The van der Waals surface area contributed by atoms with Crippen LogP contribution < -0.4 is 4.90 Å². The van der Waals surface area contributed by atoms with Crippen LogP contribution in [0.4, 0.5) is 19.0 Å². The summed E-state index contributed by atoms with van der Waals surface area (Å²) in [5.41, 5.74) is 3.22. The van der Waals surface area contributed by atoms with Crippen LogP contribution in [-0.2, 0) is 19.1 Å². The van der Waals surface area contributed by atoms with Crippen LogP contribution in [0, 0.1) is 0 Å². The van der Waals surface area contributed by atoms with Gasteiger partial charge in [0.05, 0.1) is 0 Å². The SMILES string of the molecule is FC(F)(F)c1nc(-c2ccc(N3CCc4nc5ncccc5cc4C3)nc2)no1. The fraction of sp³-hybridized carbons (Fsp3) is 0.211. The van der Waals surface area contributed by atoms with Gasteiger partial charge in [-0.3, -0.25) is 0 Å². The van der Waals surface area contributed by atoms with E-state index in [0.29, 0.717) is 17.9 Å². The third kappa shape index (κ3) is 3.26. The summed E-state index contributed by atoms with van der Waals surface area (Å²) in [5.74, 6) is -0.813. The minimum Gasteiger partial charge on any atom is -0.352 e. The Balaban J connectivity index is 1.38. The predicted octanol–water partition coefficient (Wildman–Crippen LogP) is 3.66. The van der Waals surface area contributed by atoms with Crippen LogP contribution in [0.25, 0.3) is 22.4 Å². The Hall–Kier alpha value is -3.56. The monoisotopic (exact) mass is 398 g/mol. The quantitative estimate of drug-likeness (QED) is 0.510. The summed E-state index contributed by atoms with van der Waals surface area (Å²) in [5, 5.41) is 4.36. The first kappa shape index (κ1) is 17.5. The molecule has 5 heterocycles. The smallest absolute Gasteiger partial charge is 0.352 e. The van der Waals surface area contributed by atoms with Crippen molar-refractivity contribution in [2.24, 2.45) is 0 Å². The molecule has 0 fully saturated rings. The number of fused-ring (bicyclic) bond motifs is 2. The Kier molecular flexibility index (Phi) is 3.93. The number of hydrogen-bond acceptors (Lipinski definition) is 7. The summed E-state index contributed by atoms with van der Waals surface area (Å²) >= 11 is 0. The highest BCUT2D eigenvalue weighted by Crippen LogP contribution is 2.30. The summed E-state index contributed by atoms with van der Waals surface area (Å²) in [6.45, 7) is 1.37. The van der Waals surface area contributed by atoms with E-state index in [-0.39, 0.29) is 5.82 Å². The number of hydrogen-bond donors (Lipinski definition) is 0. The molecule has 4 aromatic heterocycles. The summed E-state index contributed by atoms with van der Waals surface area (Å²) in [6, 6.07) is 9.30. The molecule has 0 unspecified atom stereocenters. The van der Waals surface area contributed by atoms with Gasteiger partial charge in [-0.25, -0.2) is 15.0 Å². The fourth-order valence-electron chi connectivity index (χ4n) is 3.32. The fourth-order valence-corrected chi connectivity index (χ4v) is 3.32. The van der Waals surface area contributed by atoms with Crippen LogP contribution in [0.2, 0.25) is 0 Å². The molecule has 0 saturated heterocycles. The third-order valence-electron chi connectivity index (χ3n) is 4.74. The average molecular weight is 398 g/mol. The highest BCUT2D eigenvalue weighted by molar-refractivity contribution is 5.75. The van der Waals surface area contributed by atoms with Crippen molar-refractivity contribution in [3.63, 3.8) is 0 Å². The van der Waals surface area contributed by atoms with Crippen molar-refractivity contribution in [2.75, 3.05) is 11.4 Å². The first-order chi connectivity index (χ1) is 14.0. The molecule has 0 atom stereocenters. The number of aromatic nitrogens is 5. The van der Waals surface area contributed by atoms with Gasteiger partial charge in [-0.15, -0.1) is 0 Å². The molecular formula is C19H13F3N6O. The molecule has 5 rings (SSSR count). The lowest BCUT2D eigenvalue weighted by Crippen LogP contribution is -2.31. The lowest BCUT2D eigenvalue weighted by atomic mass is 10.0. The predicted molar refractivity (Wildman–Crippen MR) is 96.8 cm³/mol. The second kappa shape index (κ2) is 6.50. The number of halogens is 3. The Morgan fingerprint density at radius 2 is 1.97 bits per heavy atom. The summed E-state index contributed by atoms with van der Waals surface area (Å²) in [4.78, 5) is 18.8. The maximum Gasteiger partial charge on any atom is 0.471 e. The van der Waals surface area contributed by atoms with Gasteiger partial charge in [0.15, 0.2) is 5.65 Å². The molecular weight excluding hydrogens is 385 g/mol. The van der Waals surface area contributed by atoms with Crippen LogP contribution in [0.1, 0.15) is 17.1 Å². The van der Waals surface area contributed by atoms with Crippen molar-refractivity contribution < 1.29 is 17.7 Å². The van der Waals surface area contributed by atoms with E-state index in [4.69, 9.17) is 0 Å². The number of pyridine rings is 3. The first-order valence-electron chi connectivity index (χ1n) is 8.83. The van der Waals surface area contributed by atoms with Gasteiger partial charge in [0.2, 0.25) is 5.82 Å². The van der Waals surface area contributed by atoms with Gasteiger partial charge in [-0.2, -0.15) is 18.2 Å². The lowest BCUT2D eigenvalue weighted by Gasteiger charge is -2.29. The van der Waals surface area contributed by atoms with Gasteiger partial charge in [0.1, 0.15) is 5.82 Å². The molecule has 1 aliphatic rings. The highest BCUT2D eigenvalue weighted by Gasteiger charge is 2.38. The second-order valence-corrected chi connectivity index (χ2v) is 6.64. The summed E-state index contributed by atoms with van der Waals surface area (Å²) < 4.78 is 42.1. The number of anilines is 1. The minimum absolute atomic E-state index is 0.150. The van der Waals surface area contributed by atoms with Crippen molar-refractivity contribution in [3.05, 3.63) is 59.9 Å². The Bertz CT molecular complexity index is 1190. The van der Waals surface area contributed by atoms with Crippen LogP contribution in [0.3, 0.4) is 0 Å². The molecule has 10 heteroatoms. The molecule has 4 aromatic rings. The van der Waals surface area contributed by atoms with E-state index in [0.717, 1.165) is 35.3 Å². The summed E-state index contributed by atoms with van der Waals surface area (Å²) in [7, 11) is 0. The van der Waals surface area contributed by atoms with E-state index in [1.165, 1.54) is 6.20 Å². The maximum atomic E-state index is 12.6. The molecule has 0 N–H and O–H groups in total. The molecule has 0 amide bonds. The van der Waals surface area contributed by atoms with Crippen molar-refractivity contribution in [2.45, 2.75) is 19.1 Å². The molecule has 0 radical (unpaired) electrons. The molecule has 0 aliphatic carbocycles. The van der Waals surface area contributed by atoms with E-state index in [2.05, 4.69) is 40.6 Å².